The van der Waals surface area contributed by atoms with Crippen LogP contribution in [0, 0.1) is 10.7 Å². The molecule has 0 aliphatic rings. The van der Waals surface area contributed by atoms with Crippen LogP contribution in [-0.4, -0.2) is 43.8 Å². The lowest BCUT2D eigenvalue weighted by Crippen LogP contribution is -2.25. The standard InChI is InChI=1S/C15H18I3NO6S/c16-10-8-11(14(18)12(17)9-10)15(21)19-5-3-1-2-4-13(20)25-6-7-26(22,23)24/h8-9H,1-7H2,(H,19,21)(H,22,23,24). The largest absolute Gasteiger partial charge is 0.464 e. The lowest BCUT2D eigenvalue weighted by atomic mass is 10.2. The number of unbranched alkanes of at least 4 members (excludes halogenated alkanes) is 2. The number of amides is 1. The minimum Gasteiger partial charge on any atom is -0.464 e. The minimum atomic E-state index is -4.11. The first-order chi connectivity index (χ1) is 12.1. The van der Waals surface area contributed by atoms with E-state index in [1.54, 1.807) is 0 Å². The number of benzene rings is 1. The highest BCUT2D eigenvalue weighted by atomic mass is 127. The van der Waals surface area contributed by atoms with Crippen LogP contribution < -0.4 is 5.32 Å². The summed E-state index contributed by atoms with van der Waals surface area (Å²) >= 11 is 6.54. The van der Waals surface area contributed by atoms with Crippen LogP contribution in [0.5, 0.6) is 0 Å². The summed E-state index contributed by atoms with van der Waals surface area (Å²) in [6.07, 6.45) is 2.21. The summed E-state index contributed by atoms with van der Waals surface area (Å²) < 4.78 is 37.2. The van der Waals surface area contributed by atoms with Crippen LogP contribution in [0.15, 0.2) is 12.1 Å². The molecule has 1 amide bonds. The van der Waals surface area contributed by atoms with E-state index in [0.717, 1.165) is 23.6 Å². The van der Waals surface area contributed by atoms with Crippen molar-refractivity contribution >= 4 is 89.8 Å². The molecular formula is C15H18I3NO6S. The Hall–Kier alpha value is 0.260. The molecule has 11 heteroatoms. The quantitative estimate of drug-likeness (QED) is 0.126. The lowest BCUT2D eigenvalue weighted by Gasteiger charge is -2.09. The van der Waals surface area contributed by atoms with E-state index in [1.807, 2.05) is 12.1 Å². The molecule has 0 saturated heterocycles. The molecule has 1 aromatic rings. The summed E-state index contributed by atoms with van der Waals surface area (Å²) in [6, 6.07) is 3.86. The fraction of sp³-hybridized carbons (Fsp3) is 0.467. The molecule has 0 heterocycles. The molecule has 2 N–H and O–H groups in total. The predicted octanol–water partition coefficient (Wildman–Crippen LogP) is 3.22. The molecule has 26 heavy (non-hydrogen) atoms. The maximum Gasteiger partial charge on any atom is 0.305 e. The van der Waals surface area contributed by atoms with Gasteiger partial charge in [0.15, 0.2) is 0 Å². The molecule has 0 fully saturated rings. The van der Waals surface area contributed by atoms with Crippen molar-refractivity contribution in [3.05, 3.63) is 28.4 Å². The van der Waals surface area contributed by atoms with Gasteiger partial charge in [-0.2, -0.15) is 8.42 Å². The summed E-state index contributed by atoms with van der Waals surface area (Å²) in [5.74, 6) is -1.21. The predicted molar refractivity (Wildman–Crippen MR) is 123 cm³/mol. The van der Waals surface area contributed by atoms with Gasteiger partial charge in [-0.25, -0.2) is 0 Å². The zero-order valence-electron chi connectivity index (χ0n) is 13.6. The second-order valence-corrected chi connectivity index (χ2v) is 10.4. The molecule has 0 aliphatic heterocycles. The molecule has 146 valence electrons. The van der Waals surface area contributed by atoms with Gasteiger partial charge in [0, 0.05) is 23.7 Å². The Kier molecular flexibility index (Phi) is 11.2. The van der Waals surface area contributed by atoms with Crippen molar-refractivity contribution in [1.29, 1.82) is 0 Å². The topological polar surface area (TPSA) is 110 Å². The summed E-state index contributed by atoms with van der Waals surface area (Å²) in [5, 5.41) is 2.87. The molecule has 0 unspecified atom stereocenters. The van der Waals surface area contributed by atoms with Crippen LogP contribution in [0.4, 0.5) is 0 Å². The first-order valence-electron chi connectivity index (χ1n) is 7.63. The van der Waals surface area contributed by atoms with E-state index in [4.69, 9.17) is 9.29 Å². The smallest absolute Gasteiger partial charge is 0.305 e. The van der Waals surface area contributed by atoms with Crippen LogP contribution in [-0.2, 0) is 19.6 Å². The number of esters is 1. The molecule has 1 rings (SSSR count). The fourth-order valence-electron chi connectivity index (χ4n) is 1.92. The number of carbonyl (C=O) groups excluding carboxylic acids is 2. The van der Waals surface area contributed by atoms with E-state index in [-0.39, 0.29) is 18.9 Å². The highest BCUT2D eigenvalue weighted by molar-refractivity contribution is 14.1. The maximum absolute atomic E-state index is 12.2. The first kappa shape index (κ1) is 24.3. The highest BCUT2D eigenvalue weighted by Crippen LogP contribution is 2.22. The van der Waals surface area contributed by atoms with Crippen molar-refractivity contribution in [2.45, 2.75) is 25.7 Å². The highest BCUT2D eigenvalue weighted by Gasteiger charge is 2.13. The van der Waals surface area contributed by atoms with E-state index in [0.29, 0.717) is 18.5 Å². The van der Waals surface area contributed by atoms with Crippen molar-refractivity contribution in [3.8, 4) is 0 Å². The summed E-state index contributed by atoms with van der Waals surface area (Å²) in [5.41, 5.74) is 0.657. The number of halogens is 3. The molecule has 7 nitrogen and oxygen atoms in total. The summed E-state index contributed by atoms with van der Waals surface area (Å²) in [6.45, 7) is 0.163. The van der Waals surface area contributed by atoms with E-state index in [9.17, 15) is 18.0 Å². The Morgan fingerprint density at radius 1 is 1.12 bits per heavy atom. The fourth-order valence-corrected chi connectivity index (χ4v) is 4.62. The van der Waals surface area contributed by atoms with Gasteiger partial charge in [0.2, 0.25) is 0 Å². The number of hydrogen-bond acceptors (Lipinski definition) is 5. The van der Waals surface area contributed by atoms with Crippen molar-refractivity contribution in [2.24, 2.45) is 0 Å². The van der Waals surface area contributed by atoms with Crippen molar-refractivity contribution in [1.82, 2.24) is 5.32 Å². The zero-order valence-corrected chi connectivity index (χ0v) is 20.9. The van der Waals surface area contributed by atoms with Gasteiger partial charge in [-0.15, -0.1) is 0 Å². The SMILES string of the molecule is O=C(CCCCCNC(=O)c1cc(I)cc(I)c1I)OCCS(=O)(=O)O. The van der Waals surface area contributed by atoms with Crippen LogP contribution in [0.2, 0.25) is 0 Å². The average molecular weight is 721 g/mol. The van der Waals surface area contributed by atoms with Crippen molar-refractivity contribution in [2.75, 3.05) is 18.9 Å². The Morgan fingerprint density at radius 3 is 2.46 bits per heavy atom. The third-order valence-corrected chi connectivity index (χ3v) is 7.54. The van der Waals surface area contributed by atoms with Gasteiger partial charge < -0.3 is 10.1 Å². The van der Waals surface area contributed by atoms with Gasteiger partial charge >= 0.3 is 5.97 Å². The van der Waals surface area contributed by atoms with Gasteiger partial charge in [0.1, 0.15) is 12.4 Å². The van der Waals surface area contributed by atoms with Crippen LogP contribution in [0.25, 0.3) is 0 Å². The Balaban J connectivity index is 2.21. The van der Waals surface area contributed by atoms with E-state index in [2.05, 4.69) is 73.1 Å². The van der Waals surface area contributed by atoms with Crippen molar-refractivity contribution in [3.63, 3.8) is 0 Å². The van der Waals surface area contributed by atoms with Gasteiger partial charge in [0.25, 0.3) is 16.0 Å². The van der Waals surface area contributed by atoms with Gasteiger partial charge in [0.05, 0.1) is 5.56 Å². The van der Waals surface area contributed by atoms with E-state index in [1.165, 1.54) is 0 Å². The molecule has 1 aromatic carbocycles. The van der Waals surface area contributed by atoms with Gasteiger partial charge in [-0.3, -0.25) is 14.1 Å². The van der Waals surface area contributed by atoms with E-state index < -0.39 is 21.8 Å². The Morgan fingerprint density at radius 2 is 1.81 bits per heavy atom. The molecule has 0 aliphatic carbocycles. The number of rotatable bonds is 10. The molecule has 0 radical (unpaired) electrons. The minimum absolute atomic E-state index is 0.115. The number of carbonyl (C=O) groups is 2. The zero-order chi connectivity index (χ0) is 19.7. The average Bonchev–Trinajstić information content (AvgIpc) is 2.52. The molecule has 0 spiro atoms. The van der Waals surface area contributed by atoms with Crippen molar-refractivity contribution < 1.29 is 27.3 Å². The third kappa shape index (κ3) is 9.98. The molecular weight excluding hydrogens is 703 g/mol. The molecule has 0 aromatic heterocycles. The second kappa shape index (κ2) is 12.0. The van der Waals surface area contributed by atoms with Crippen LogP contribution >= 0.6 is 67.8 Å². The molecule has 0 saturated carbocycles. The monoisotopic (exact) mass is 721 g/mol. The Labute approximate surface area is 193 Å². The third-order valence-electron chi connectivity index (χ3n) is 3.19. The van der Waals surface area contributed by atoms with Gasteiger partial charge in [-0.05, 0) is 92.7 Å². The lowest BCUT2D eigenvalue weighted by molar-refractivity contribution is -0.143. The van der Waals surface area contributed by atoms with Crippen LogP contribution in [0.1, 0.15) is 36.0 Å². The summed E-state index contributed by atoms with van der Waals surface area (Å²) in [7, 11) is -4.11. The number of nitrogens with one attached hydrogen (secondary N) is 1. The Bertz CT molecular complexity index is 754. The van der Waals surface area contributed by atoms with E-state index >= 15 is 0 Å². The normalized spacial score (nSPS) is 11.2. The second-order valence-electron chi connectivity index (χ2n) is 5.32. The van der Waals surface area contributed by atoms with Gasteiger partial charge in [-0.1, -0.05) is 6.42 Å². The maximum atomic E-state index is 12.2. The first-order valence-corrected chi connectivity index (χ1v) is 12.5. The summed E-state index contributed by atoms with van der Waals surface area (Å²) in [4.78, 5) is 23.6. The number of ether oxygens (including phenoxy) is 1. The number of hydrogen-bond donors (Lipinski definition) is 2. The van der Waals surface area contributed by atoms with Crippen LogP contribution in [0.3, 0.4) is 0 Å². The molecule has 0 bridgehead atoms. The molecule has 0 atom stereocenters.